The highest BCUT2D eigenvalue weighted by Gasteiger charge is 2.61. The Balaban J connectivity index is 1.65. The molecular formula is C21H30O2. The van der Waals surface area contributed by atoms with E-state index in [1.807, 2.05) is 0 Å². The molecule has 0 saturated heterocycles. The minimum absolute atomic E-state index is 0.0817. The van der Waals surface area contributed by atoms with E-state index in [2.05, 4.69) is 12.8 Å². The van der Waals surface area contributed by atoms with Crippen molar-refractivity contribution in [2.75, 3.05) is 0 Å². The van der Waals surface area contributed by atoms with Gasteiger partial charge in [0, 0.05) is 18.3 Å². The van der Waals surface area contributed by atoms with E-state index >= 15 is 0 Å². The zero-order chi connectivity index (χ0) is 16.2. The number of carbonyl (C=O) groups is 1. The first kappa shape index (κ1) is 15.7. The Labute approximate surface area is 140 Å². The van der Waals surface area contributed by atoms with Gasteiger partial charge in [0.25, 0.3) is 0 Å². The predicted octanol–water partition coefficient (Wildman–Crippen LogP) is 3.96. The average Bonchev–Trinajstić information content (AvgIpc) is 2.86. The van der Waals surface area contributed by atoms with Gasteiger partial charge >= 0.3 is 0 Å². The Morgan fingerprint density at radius 2 is 2.00 bits per heavy atom. The number of carbonyl (C=O) groups excluding carboxylic acids is 1. The fraction of sp³-hybridized carbons (Fsp3) is 0.857. The molecule has 0 aromatic carbocycles. The lowest BCUT2D eigenvalue weighted by Gasteiger charge is -2.60. The summed E-state index contributed by atoms with van der Waals surface area (Å²) in [4.78, 5) is 12.7. The molecule has 0 amide bonds. The molecular weight excluding hydrogens is 284 g/mol. The van der Waals surface area contributed by atoms with Gasteiger partial charge in [-0.05, 0) is 80.5 Å². The van der Waals surface area contributed by atoms with Gasteiger partial charge in [-0.1, -0.05) is 6.92 Å². The molecule has 0 heterocycles. The highest BCUT2D eigenvalue weighted by Crippen LogP contribution is 2.66. The van der Waals surface area contributed by atoms with Gasteiger partial charge in [-0.2, -0.15) is 0 Å². The molecule has 126 valence electrons. The molecule has 2 nitrogen and oxygen atoms in total. The van der Waals surface area contributed by atoms with E-state index in [4.69, 9.17) is 6.42 Å². The topological polar surface area (TPSA) is 37.3 Å². The molecule has 4 fully saturated rings. The molecule has 4 aliphatic carbocycles. The van der Waals surface area contributed by atoms with Gasteiger partial charge < -0.3 is 5.11 Å². The molecule has 0 aromatic rings. The van der Waals surface area contributed by atoms with Gasteiger partial charge in [-0.3, -0.25) is 4.79 Å². The normalized spacial score (nSPS) is 52.2. The molecule has 4 aliphatic rings. The van der Waals surface area contributed by atoms with Crippen molar-refractivity contribution in [1.82, 2.24) is 0 Å². The van der Waals surface area contributed by atoms with E-state index in [1.54, 1.807) is 0 Å². The third-order valence-corrected chi connectivity index (χ3v) is 8.50. The summed E-state index contributed by atoms with van der Waals surface area (Å²) in [6, 6.07) is 0. The van der Waals surface area contributed by atoms with Gasteiger partial charge in [0.15, 0.2) is 0 Å². The number of rotatable bonds is 1. The van der Waals surface area contributed by atoms with Crippen LogP contribution in [0.3, 0.4) is 0 Å². The quantitative estimate of drug-likeness (QED) is 0.744. The SMILES string of the molecule is C#CC[C@]12CC[C@H]3[C@@H](CC[C@H]4C[C@@H](O)CC[C@@]43C)[C@@H]1CCC2=O. The fourth-order valence-corrected chi connectivity index (χ4v) is 7.32. The molecule has 7 atom stereocenters. The minimum Gasteiger partial charge on any atom is -0.393 e. The number of fused-ring (bicyclic) bond motifs is 5. The van der Waals surface area contributed by atoms with Crippen molar-refractivity contribution in [3.05, 3.63) is 0 Å². The van der Waals surface area contributed by atoms with Crippen LogP contribution in [0.2, 0.25) is 0 Å². The van der Waals surface area contributed by atoms with Crippen molar-refractivity contribution in [3.63, 3.8) is 0 Å². The number of ketones is 1. The van der Waals surface area contributed by atoms with Crippen LogP contribution in [0.1, 0.15) is 71.1 Å². The maximum Gasteiger partial charge on any atom is 0.140 e. The first-order chi connectivity index (χ1) is 11.0. The van der Waals surface area contributed by atoms with Crippen molar-refractivity contribution < 1.29 is 9.90 Å². The smallest absolute Gasteiger partial charge is 0.140 e. The number of hydrogen-bond donors (Lipinski definition) is 1. The van der Waals surface area contributed by atoms with Crippen LogP contribution in [0.15, 0.2) is 0 Å². The Bertz CT molecular complexity index is 547. The highest BCUT2D eigenvalue weighted by molar-refractivity contribution is 5.87. The molecule has 0 radical (unpaired) electrons. The van der Waals surface area contributed by atoms with Crippen LogP contribution in [0, 0.1) is 46.8 Å². The molecule has 4 rings (SSSR count). The minimum atomic E-state index is -0.173. The lowest BCUT2D eigenvalue weighted by atomic mass is 9.44. The third-order valence-electron chi connectivity index (χ3n) is 8.50. The van der Waals surface area contributed by atoms with E-state index in [0.717, 1.165) is 38.0 Å². The largest absolute Gasteiger partial charge is 0.393 e. The van der Waals surface area contributed by atoms with Gasteiger partial charge in [0.2, 0.25) is 0 Å². The maximum absolute atomic E-state index is 12.7. The van der Waals surface area contributed by atoms with Crippen molar-refractivity contribution in [2.24, 2.45) is 34.5 Å². The predicted molar refractivity (Wildman–Crippen MR) is 90.5 cm³/mol. The summed E-state index contributed by atoms with van der Waals surface area (Å²) in [6.07, 6.45) is 15.9. The summed E-state index contributed by atoms with van der Waals surface area (Å²) in [5, 5.41) is 10.1. The second kappa shape index (κ2) is 5.35. The number of terminal acetylenes is 1. The molecule has 2 heteroatoms. The molecule has 4 saturated carbocycles. The molecule has 0 spiro atoms. The molecule has 23 heavy (non-hydrogen) atoms. The summed E-state index contributed by atoms with van der Waals surface area (Å²) >= 11 is 0. The summed E-state index contributed by atoms with van der Waals surface area (Å²) in [5.74, 6) is 5.97. The van der Waals surface area contributed by atoms with Gasteiger partial charge in [-0.25, -0.2) is 0 Å². The van der Waals surface area contributed by atoms with Crippen LogP contribution in [-0.2, 0) is 4.79 Å². The van der Waals surface area contributed by atoms with Crippen LogP contribution >= 0.6 is 0 Å². The Morgan fingerprint density at radius 3 is 2.78 bits per heavy atom. The van der Waals surface area contributed by atoms with Crippen LogP contribution in [0.5, 0.6) is 0 Å². The second-order valence-electron chi connectivity index (χ2n) is 9.12. The van der Waals surface area contributed by atoms with Crippen LogP contribution in [-0.4, -0.2) is 17.0 Å². The van der Waals surface area contributed by atoms with Crippen molar-refractivity contribution in [3.8, 4) is 12.3 Å². The standard InChI is InChI=1S/C21H30O2/c1-3-10-21-12-9-17-16(18(21)6-7-19(21)23)5-4-14-13-15(22)8-11-20(14,17)2/h1,14-18,22H,4-13H2,2H3/t14-,15-,16+,17-,18-,20-,21-/m0/s1. The van der Waals surface area contributed by atoms with E-state index in [1.165, 1.54) is 25.7 Å². The first-order valence-electron chi connectivity index (χ1n) is 9.66. The number of Topliss-reactive ketones (excluding diaryl/α,β-unsaturated/α-hetero) is 1. The van der Waals surface area contributed by atoms with Crippen molar-refractivity contribution in [2.45, 2.75) is 77.2 Å². The van der Waals surface area contributed by atoms with Crippen molar-refractivity contribution >= 4 is 5.78 Å². The zero-order valence-electron chi connectivity index (χ0n) is 14.4. The molecule has 0 bridgehead atoms. The van der Waals surface area contributed by atoms with Crippen LogP contribution in [0.4, 0.5) is 0 Å². The highest BCUT2D eigenvalue weighted by atomic mass is 16.3. The summed E-state index contributed by atoms with van der Waals surface area (Å²) in [5.41, 5.74) is 0.212. The van der Waals surface area contributed by atoms with Gasteiger partial charge in [0.1, 0.15) is 5.78 Å². The third kappa shape index (κ3) is 2.08. The lowest BCUT2D eigenvalue weighted by Crippen LogP contribution is -2.54. The first-order valence-corrected chi connectivity index (χ1v) is 9.66. The van der Waals surface area contributed by atoms with Gasteiger partial charge in [0.05, 0.1) is 6.10 Å². The summed E-state index contributed by atoms with van der Waals surface area (Å²) < 4.78 is 0. The average molecular weight is 314 g/mol. The van der Waals surface area contributed by atoms with E-state index in [-0.39, 0.29) is 11.5 Å². The number of aliphatic hydroxyl groups excluding tert-OH is 1. The molecule has 0 aromatic heterocycles. The van der Waals surface area contributed by atoms with Crippen molar-refractivity contribution in [1.29, 1.82) is 0 Å². The zero-order valence-corrected chi connectivity index (χ0v) is 14.4. The second-order valence-corrected chi connectivity index (χ2v) is 9.12. The summed E-state index contributed by atoms with van der Waals surface area (Å²) in [7, 11) is 0. The lowest BCUT2D eigenvalue weighted by molar-refractivity contribution is -0.144. The van der Waals surface area contributed by atoms with E-state index in [0.29, 0.717) is 35.4 Å². The fourth-order valence-electron chi connectivity index (χ4n) is 7.32. The number of aliphatic hydroxyl groups is 1. The molecule has 0 aliphatic heterocycles. The van der Waals surface area contributed by atoms with Crippen LogP contribution in [0.25, 0.3) is 0 Å². The Kier molecular flexibility index (Phi) is 3.65. The number of hydrogen-bond acceptors (Lipinski definition) is 2. The monoisotopic (exact) mass is 314 g/mol. The Hall–Kier alpha value is -0.810. The molecule has 1 N–H and O–H groups in total. The molecule has 0 unspecified atom stereocenters. The Morgan fingerprint density at radius 1 is 1.17 bits per heavy atom. The summed E-state index contributed by atoms with van der Waals surface area (Å²) in [6.45, 7) is 2.49. The van der Waals surface area contributed by atoms with Gasteiger partial charge in [-0.15, -0.1) is 12.3 Å². The van der Waals surface area contributed by atoms with E-state index in [9.17, 15) is 9.90 Å². The maximum atomic E-state index is 12.7. The van der Waals surface area contributed by atoms with Crippen LogP contribution < -0.4 is 0 Å². The van der Waals surface area contributed by atoms with E-state index < -0.39 is 0 Å².